The lowest BCUT2D eigenvalue weighted by Crippen LogP contribution is -2.31. The first-order valence-corrected chi connectivity index (χ1v) is 15.8. The molecule has 4 aromatic carbocycles. The monoisotopic (exact) mass is 643 g/mol. The van der Waals surface area contributed by atoms with Gasteiger partial charge in [-0.25, -0.2) is 4.98 Å². The second-order valence-electron chi connectivity index (χ2n) is 11.6. The summed E-state index contributed by atoms with van der Waals surface area (Å²) < 4.78 is 19.6. The molecule has 0 bridgehead atoms. The minimum absolute atomic E-state index is 0.0104. The lowest BCUT2D eigenvalue weighted by molar-refractivity contribution is -0.139. The highest BCUT2D eigenvalue weighted by Crippen LogP contribution is 2.42. The van der Waals surface area contributed by atoms with Gasteiger partial charge in [0.2, 0.25) is 0 Å². The Morgan fingerprint density at radius 3 is 2.35 bits per heavy atom. The van der Waals surface area contributed by atoms with Crippen molar-refractivity contribution in [1.29, 1.82) is 0 Å². The third kappa shape index (κ3) is 7.10. The lowest BCUT2D eigenvalue weighted by atomic mass is 9.95. The first-order valence-electron chi connectivity index (χ1n) is 15.8. The normalized spacial score (nSPS) is 15.5. The van der Waals surface area contributed by atoms with Crippen LogP contribution >= 0.6 is 0 Å². The van der Waals surface area contributed by atoms with Crippen molar-refractivity contribution >= 4 is 17.4 Å². The van der Waals surface area contributed by atoms with Crippen LogP contribution < -0.4 is 14.2 Å². The van der Waals surface area contributed by atoms with Crippen molar-refractivity contribution in [1.82, 2.24) is 14.5 Å². The number of ether oxygens (including phenoxy) is 3. The quantitative estimate of drug-likeness (QED) is 0.0849. The van der Waals surface area contributed by atoms with Gasteiger partial charge in [0.05, 0.1) is 25.1 Å². The fraction of sp³-hybridized carbons (Fsp3) is 0.205. The number of amides is 1. The Balaban J connectivity index is 1.30. The van der Waals surface area contributed by atoms with E-state index < -0.39 is 17.7 Å². The van der Waals surface area contributed by atoms with Gasteiger partial charge in [-0.15, -0.1) is 0 Å². The number of hydrogen-bond donors (Lipinski definition) is 1. The van der Waals surface area contributed by atoms with Crippen molar-refractivity contribution in [2.75, 3.05) is 13.7 Å². The number of aromatic nitrogens is 2. The fourth-order valence-corrected chi connectivity index (χ4v) is 5.81. The molecule has 1 aliphatic heterocycles. The van der Waals surface area contributed by atoms with Crippen molar-refractivity contribution < 1.29 is 28.9 Å². The van der Waals surface area contributed by atoms with Gasteiger partial charge in [-0.1, -0.05) is 60.7 Å². The molecule has 9 heteroatoms. The van der Waals surface area contributed by atoms with Gasteiger partial charge in [0.15, 0.2) is 11.5 Å². The van der Waals surface area contributed by atoms with Gasteiger partial charge in [-0.3, -0.25) is 9.59 Å². The van der Waals surface area contributed by atoms with Gasteiger partial charge in [-0.05, 0) is 72.0 Å². The second kappa shape index (κ2) is 14.7. The van der Waals surface area contributed by atoms with E-state index in [0.29, 0.717) is 54.6 Å². The number of likely N-dealkylation sites (tertiary alicyclic amines) is 1. The molecule has 2 heterocycles. The zero-order valence-electron chi connectivity index (χ0n) is 26.9. The molecule has 0 radical (unpaired) electrons. The second-order valence-corrected chi connectivity index (χ2v) is 11.6. The first kappa shape index (κ1) is 32.1. The number of methoxy groups -OCH3 is 1. The number of imidazole rings is 1. The van der Waals surface area contributed by atoms with Crippen LogP contribution in [0.15, 0.2) is 121 Å². The molecule has 1 aliphatic rings. The van der Waals surface area contributed by atoms with Gasteiger partial charge < -0.3 is 28.8 Å². The summed E-state index contributed by atoms with van der Waals surface area (Å²) in [5.41, 5.74) is 4.23. The molecular formula is C39H37N3O6. The van der Waals surface area contributed by atoms with Crippen LogP contribution in [-0.2, 0) is 29.3 Å². The van der Waals surface area contributed by atoms with Gasteiger partial charge in [0.1, 0.15) is 24.7 Å². The number of nitrogens with zero attached hydrogens (tertiary/aromatic N) is 3. The summed E-state index contributed by atoms with van der Waals surface area (Å²) >= 11 is 0. The summed E-state index contributed by atoms with van der Waals surface area (Å²) in [5, 5.41) is 11.6. The predicted octanol–water partition coefficient (Wildman–Crippen LogP) is 6.87. The van der Waals surface area contributed by atoms with Gasteiger partial charge >= 0.3 is 0 Å². The zero-order valence-corrected chi connectivity index (χ0v) is 26.9. The number of hydrogen-bond acceptors (Lipinski definition) is 7. The fourth-order valence-electron chi connectivity index (χ4n) is 5.81. The van der Waals surface area contributed by atoms with Gasteiger partial charge in [0, 0.05) is 31.0 Å². The Bertz CT molecular complexity index is 1900. The van der Waals surface area contributed by atoms with E-state index >= 15 is 0 Å². The summed E-state index contributed by atoms with van der Waals surface area (Å²) in [7, 11) is 1.54. The highest BCUT2D eigenvalue weighted by molar-refractivity contribution is 6.46. The number of aryl methyl sites for hydroxylation is 2. The predicted molar refractivity (Wildman–Crippen MR) is 182 cm³/mol. The van der Waals surface area contributed by atoms with Crippen LogP contribution in [0.5, 0.6) is 17.2 Å². The summed E-state index contributed by atoms with van der Waals surface area (Å²) in [4.78, 5) is 32.8. The zero-order chi connectivity index (χ0) is 33.5. The average Bonchev–Trinajstić information content (AvgIpc) is 3.73. The molecule has 0 aliphatic carbocycles. The molecule has 6 rings (SSSR count). The van der Waals surface area contributed by atoms with Crippen LogP contribution in [0, 0.1) is 6.92 Å². The molecule has 244 valence electrons. The van der Waals surface area contributed by atoms with Crippen molar-refractivity contribution in [3.05, 3.63) is 149 Å². The Kier molecular flexibility index (Phi) is 9.85. The standard InChI is InChI=1S/C39H37N3O6/c1-27-9-6-7-12-31(27)25-47-32-16-13-29(14-17-32)37(43)35-36(42(39(45)38(35)44)21-8-20-41-22-19-40-26-41)30-15-18-33(34(23-30)46-2)48-24-28-10-4-3-5-11-28/h3-7,9-19,22-23,26,36,43H,8,20-21,24-25H2,1-2H3/b37-35+. The molecular weight excluding hydrogens is 606 g/mol. The molecule has 5 aromatic rings. The number of Topliss-reactive ketones (excluding diaryl/α,β-unsaturated/α-hetero) is 1. The Hall–Kier alpha value is -5.83. The highest BCUT2D eigenvalue weighted by Gasteiger charge is 2.46. The number of carbonyl (C=O) groups is 2. The van der Waals surface area contributed by atoms with E-state index in [4.69, 9.17) is 14.2 Å². The molecule has 0 spiro atoms. The van der Waals surface area contributed by atoms with E-state index in [0.717, 1.165) is 16.7 Å². The molecule has 1 atom stereocenters. The Labute approximate surface area is 279 Å². The lowest BCUT2D eigenvalue weighted by Gasteiger charge is -2.26. The van der Waals surface area contributed by atoms with Crippen LogP contribution in [0.25, 0.3) is 5.76 Å². The molecule has 0 saturated carbocycles. The van der Waals surface area contributed by atoms with Gasteiger partial charge in [0.25, 0.3) is 11.7 Å². The van der Waals surface area contributed by atoms with Crippen LogP contribution in [0.3, 0.4) is 0 Å². The van der Waals surface area contributed by atoms with Crippen LogP contribution in [0.4, 0.5) is 0 Å². The third-order valence-electron chi connectivity index (χ3n) is 8.44. The number of rotatable bonds is 13. The van der Waals surface area contributed by atoms with Crippen molar-refractivity contribution in [2.45, 2.75) is 39.1 Å². The molecule has 1 amide bonds. The van der Waals surface area contributed by atoms with Crippen LogP contribution in [-0.4, -0.2) is 44.9 Å². The topological polar surface area (TPSA) is 103 Å². The van der Waals surface area contributed by atoms with E-state index in [1.807, 2.05) is 72.3 Å². The average molecular weight is 644 g/mol. The van der Waals surface area contributed by atoms with Crippen LogP contribution in [0.1, 0.15) is 40.3 Å². The molecule has 9 nitrogen and oxygen atoms in total. The Morgan fingerprint density at radius 1 is 0.854 bits per heavy atom. The molecule has 48 heavy (non-hydrogen) atoms. The molecule has 1 fully saturated rings. The maximum absolute atomic E-state index is 13.6. The van der Waals surface area contributed by atoms with Gasteiger partial charge in [-0.2, -0.15) is 0 Å². The maximum atomic E-state index is 13.6. The summed E-state index contributed by atoms with van der Waals surface area (Å²) in [6, 6.07) is 29.1. The van der Waals surface area contributed by atoms with E-state index in [9.17, 15) is 14.7 Å². The first-order chi connectivity index (χ1) is 23.4. The van der Waals surface area contributed by atoms with E-state index in [1.54, 1.807) is 62.1 Å². The summed E-state index contributed by atoms with van der Waals surface area (Å²) in [6.07, 6.45) is 5.82. The Morgan fingerprint density at radius 2 is 1.62 bits per heavy atom. The number of aliphatic hydroxyl groups excluding tert-OH is 1. The van der Waals surface area contributed by atoms with Crippen LogP contribution in [0.2, 0.25) is 0 Å². The maximum Gasteiger partial charge on any atom is 0.295 e. The number of carbonyl (C=O) groups excluding carboxylic acids is 2. The van der Waals surface area contributed by atoms with E-state index in [-0.39, 0.29) is 17.9 Å². The van der Waals surface area contributed by atoms with Crippen molar-refractivity contribution in [3.8, 4) is 17.2 Å². The largest absolute Gasteiger partial charge is 0.507 e. The SMILES string of the molecule is COc1cc(C2/C(=C(\O)c3ccc(OCc4ccccc4C)cc3)C(=O)C(=O)N2CCCn2ccnc2)ccc1OCc1ccccc1. The number of ketones is 1. The minimum Gasteiger partial charge on any atom is -0.507 e. The van der Waals surface area contributed by atoms with Crippen molar-refractivity contribution in [2.24, 2.45) is 0 Å². The smallest absolute Gasteiger partial charge is 0.295 e. The number of aliphatic hydroxyl groups is 1. The molecule has 1 aromatic heterocycles. The molecule has 1 N–H and O–H groups in total. The molecule has 1 unspecified atom stereocenters. The third-order valence-corrected chi connectivity index (χ3v) is 8.44. The summed E-state index contributed by atoms with van der Waals surface area (Å²) in [6.45, 7) is 3.66. The minimum atomic E-state index is -0.846. The van der Waals surface area contributed by atoms with E-state index in [2.05, 4.69) is 4.98 Å². The summed E-state index contributed by atoms with van der Waals surface area (Å²) in [5.74, 6) is -0.102. The number of benzene rings is 4. The van der Waals surface area contributed by atoms with Crippen molar-refractivity contribution in [3.63, 3.8) is 0 Å². The highest BCUT2D eigenvalue weighted by atomic mass is 16.5. The van der Waals surface area contributed by atoms with E-state index in [1.165, 1.54) is 4.90 Å². The molecule has 1 saturated heterocycles.